The minimum absolute atomic E-state index is 0.306. The van der Waals surface area contributed by atoms with E-state index in [-0.39, 0.29) is 0 Å². The van der Waals surface area contributed by atoms with Crippen LogP contribution in [0.15, 0.2) is 23.5 Å². The number of imidazole rings is 1. The Labute approximate surface area is 116 Å². The van der Waals surface area contributed by atoms with Gasteiger partial charge in [0.2, 0.25) is 0 Å². The second-order valence-electron chi connectivity index (χ2n) is 4.18. The molecule has 0 aliphatic rings. The number of nitrogens with zero attached hydrogens (tertiary/aromatic N) is 3. The van der Waals surface area contributed by atoms with E-state index in [2.05, 4.69) is 28.4 Å². The number of hydrogen-bond acceptors (Lipinski definition) is 4. The van der Waals surface area contributed by atoms with Gasteiger partial charge in [0.05, 0.1) is 16.8 Å². The lowest BCUT2D eigenvalue weighted by Crippen LogP contribution is -2.06. The molecule has 0 aromatic carbocycles. The number of thioether (sulfide) groups is 1. The van der Waals surface area contributed by atoms with Gasteiger partial charge in [-0.2, -0.15) is 0 Å². The molecular weight excluding hydrogens is 268 g/mol. The first-order valence-corrected chi connectivity index (χ1v) is 7.17. The summed E-state index contributed by atoms with van der Waals surface area (Å²) in [7, 11) is 0. The Balaban J connectivity index is 2.60. The lowest BCUT2D eigenvalue weighted by Gasteiger charge is -2.15. The van der Waals surface area contributed by atoms with Gasteiger partial charge in [0.1, 0.15) is 11.0 Å². The van der Waals surface area contributed by atoms with Gasteiger partial charge in [0.15, 0.2) is 0 Å². The third kappa shape index (κ3) is 2.33. The van der Waals surface area contributed by atoms with E-state index in [0.717, 1.165) is 16.4 Å². The van der Waals surface area contributed by atoms with Crippen molar-refractivity contribution in [2.45, 2.75) is 24.9 Å². The number of nitrogens with two attached hydrogens (primary N) is 1. The quantitative estimate of drug-likeness (QED) is 0.692. The molecule has 0 unspecified atom stereocenters. The molecule has 0 saturated carbocycles. The maximum absolute atomic E-state index is 5.99. The van der Waals surface area contributed by atoms with E-state index in [4.69, 9.17) is 17.3 Å². The highest BCUT2D eigenvalue weighted by Gasteiger charge is 2.16. The molecule has 0 spiro atoms. The molecule has 0 atom stereocenters. The van der Waals surface area contributed by atoms with Gasteiger partial charge < -0.3 is 10.3 Å². The van der Waals surface area contributed by atoms with Crippen molar-refractivity contribution in [1.29, 1.82) is 0 Å². The Bertz CT molecular complexity index is 565. The number of nitrogen functional groups attached to an aromatic ring is 1. The van der Waals surface area contributed by atoms with E-state index in [1.807, 2.05) is 12.5 Å². The molecule has 0 aliphatic carbocycles. The van der Waals surface area contributed by atoms with E-state index in [1.165, 1.54) is 0 Å². The molecule has 0 bridgehead atoms. The second kappa shape index (κ2) is 5.20. The molecule has 2 N–H and O–H groups in total. The average Bonchev–Trinajstić information content (AvgIpc) is 2.72. The summed E-state index contributed by atoms with van der Waals surface area (Å²) in [5.41, 5.74) is 7.39. The van der Waals surface area contributed by atoms with Crippen LogP contribution in [0.1, 0.15) is 19.9 Å². The van der Waals surface area contributed by atoms with E-state index in [9.17, 15) is 0 Å². The Morgan fingerprint density at radius 1 is 1.33 bits per heavy atom. The molecule has 18 heavy (non-hydrogen) atoms. The highest BCUT2D eigenvalue weighted by Crippen LogP contribution is 2.31. The Morgan fingerprint density at radius 2 is 2.06 bits per heavy atom. The van der Waals surface area contributed by atoms with Crippen LogP contribution in [0.25, 0.3) is 11.4 Å². The number of rotatable bonds is 3. The first-order chi connectivity index (χ1) is 8.54. The molecule has 4 nitrogen and oxygen atoms in total. The van der Waals surface area contributed by atoms with Crippen LogP contribution < -0.4 is 5.73 Å². The fourth-order valence-corrected chi connectivity index (χ4v) is 2.64. The first-order valence-electron chi connectivity index (χ1n) is 5.57. The van der Waals surface area contributed by atoms with Gasteiger partial charge in [-0.15, -0.1) is 11.8 Å². The first kappa shape index (κ1) is 13.2. The van der Waals surface area contributed by atoms with Crippen molar-refractivity contribution in [1.82, 2.24) is 14.5 Å². The van der Waals surface area contributed by atoms with Gasteiger partial charge in [-0.05, 0) is 26.2 Å². The van der Waals surface area contributed by atoms with Crippen molar-refractivity contribution < 1.29 is 0 Å². The molecule has 0 fully saturated rings. The zero-order valence-corrected chi connectivity index (χ0v) is 12.1. The van der Waals surface area contributed by atoms with Crippen molar-refractivity contribution in [3.8, 4) is 11.4 Å². The van der Waals surface area contributed by atoms with Crippen LogP contribution in [-0.4, -0.2) is 20.8 Å². The molecule has 2 aromatic rings. The fraction of sp³-hybridized carbons (Fsp3) is 0.333. The minimum Gasteiger partial charge on any atom is -0.398 e. The van der Waals surface area contributed by atoms with Crippen molar-refractivity contribution in [2.24, 2.45) is 0 Å². The van der Waals surface area contributed by atoms with E-state index in [1.54, 1.807) is 24.0 Å². The summed E-state index contributed by atoms with van der Waals surface area (Å²) >= 11 is 7.48. The number of pyridine rings is 1. The smallest absolute Gasteiger partial charge is 0.144 e. The van der Waals surface area contributed by atoms with Gasteiger partial charge in [-0.3, -0.25) is 0 Å². The van der Waals surface area contributed by atoms with Gasteiger partial charge >= 0.3 is 0 Å². The zero-order valence-electron chi connectivity index (χ0n) is 10.5. The number of anilines is 1. The third-order valence-electron chi connectivity index (χ3n) is 2.63. The van der Waals surface area contributed by atoms with Crippen LogP contribution in [0.5, 0.6) is 0 Å². The van der Waals surface area contributed by atoms with E-state index in [0.29, 0.717) is 16.9 Å². The van der Waals surface area contributed by atoms with Gasteiger partial charge in [0, 0.05) is 17.9 Å². The summed E-state index contributed by atoms with van der Waals surface area (Å²) in [6.07, 6.45) is 5.56. The van der Waals surface area contributed by atoms with Crippen LogP contribution >= 0.6 is 23.4 Å². The standard InChI is InChI=1S/C12H15ClN4S/c1-7(2)17-11(18-3)6-16-12(17)8-5-15-10(13)4-9(8)14/h4-7H,1-3H3,(H2,14,15). The lowest BCUT2D eigenvalue weighted by molar-refractivity contribution is 0.566. The van der Waals surface area contributed by atoms with Crippen molar-refractivity contribution in [2.75, 3.05) is 12.0 Å². The molecule has 2 aromatic heterocycles. The molecule has 0 aliphatic heterocycles. The summed E-state index contributed by atoms with van der Waals surface area (Å²) in [6, 6.07) is 1.95. The summed E-state index contributed by atoms with van der Waals surface area (Å²) in [5.74, 6) is 0.830. The molecular formula is C12H15ClN4S. The molecule has 0 saturated heterocycles. The maximum Gasteiger partial charge on any atom is 0.144 e. The van der Waals surface area contributed by atoms with Gasteiger partial charge in [-0.25, -0.2) is 9.97 Å². The largest absolute Gasteiger partial charge is 0.398 e. The lowest BCUT2D eigenvalue weighted by atomic mass is 10.2. The molecule has 6 heteroatoms. The van der Waals surface area contributed by atoms with Crippen LogP contribution in [0, 0.1) is 0 Å². The normalized spacial score (nSPS) is 11.2. The highest BCUT2D eigenvalue weighted by atomic mass is 35.5. The number of hydrogen-bond donors (Lipinski definition) is 1. The molecule has 0 radical (unpaired) electrons. The second-order valence-corrected chi connectivity index (χ2v) is 5.40. The molecule has 2 rings (SSSR count). The van der Waals surface area contributed by atoms with E-state index >= 15 is 0 Å². The molecule has 2 heterocycles. The number of aromatic nitrogens is 3. The zero-order chi connectivity index (χ0) is 13.3. The topological polar surface area (TPSA) is 56.7 Å². The predicted octanol–water partition coefficient (Wildman–Crippen LogP) is 3.48. The van der Waals surface area contributed by atoms with Crippen LogP contribution in [-0.2, 0) is 0 Å². The third-order valence-corrected chi connectivity index (χ3v) is 3.56. The predicted molar refractivity (Wildman–Crippen MR) is 77.0 cm³/mol. The fourth-order valence-electron chi connectivity index (χ4n) is 1.83. The van der Waals surface area contributed by atoms with Crippen molar-refractivity contribution in [3.63, 3.8) is 0 Å². The van der Waals surface area contributed by atoms with Crippen LogP contribution in [0.2, 0.25) is 5.15 Å². The van der Waals surface area contributed by atoms with Gasteiger partial charge in [0.25, 0.3) is 0 Å². The summed E-state index contributed by atoms with van der Waals surface area (Å²) in [6.45, 7) is 4.23. The average molecular weight is 283 g/mol. The summed E-state index contributed by atoms with van der Waals surface area (Å²) in [4.78, 5) is 8.53. The van der Waals surface area contributed by atoms with E-state index < -0.39 is 0 Å². The monoisotopic (exact) mass is 282 g/mol. The Kier molecular flexibility index (Phi) is 3.82. The van der Waals surface area contributed by atoms with Crippen molar-refractivity contribution in [3.05, 3.63) is 23.6 Å². The highest BCUT2D eigenvalue weighted by molar-refractivity contribution is 7.98. The van der Waals surface area contributed by atoms with Gasteiger partial charge in [-0.1, -0.05) is 11.6 Å². The number of halogens is 1. The maximum atomic E-state index is 5.99. The Morgan fingerprint density at radius 3 is 2.61 bits per heavy atom. The SMILES string of the molecule is CSc1cnc(-c2cnc(Cl)cc2N)n1C(C)C. The van der Waals surface area contributed by atoms with Crippen LogP contribution in [0.3, 0.4) is 0 Å². The molecule has 0 amide bonds. The minimum atomic E-state index is 0.306. The van der Waals surface area contributed by atoms with Crippen molar-refractivity contribution >= 4 is 29.1 Å². The summed E-state index contributed by atoms with van der Waals surface area (Å²) in [5, 5.41) is 1.50. The summed E-state index contributed by atoms with van der Waals surface area (Å²) < 4.78 is 2.14. The molecule has 96 valence electrons. The Hall–Kier alpha value is -1.20. The van der Waals surface area contributed by atoms with Crippen LogP contribution in [0.4, 0.5) is 5.69 Å².